The van der Waals surface area contributed by atoms with E-state index < -0.39 is 12.1 Å². The topological polar surface area (TPSA) is 99.2 Å². The first kappa shape index (κ1) is 28.1. The number of benzene rings is 2. The molecule has 2 amide bonds. The molecular formula is C23H25BrF3N3O5. The molecule has 0 bridgehead atoms. The Labute approximate surface area is 208 Å². The molecule has 8 nitrogen and oxygen atoms in total. The molecule has 1 saturated heterocycles. The highest BCUT2D eigenvalue weighted by Gasteiger charge is 2.38. The monoisotopic (exact) mass is 559 g/mol. The standard InChI is InChI=1S/C21H24BrN3O3.C2HF3O2/c1-28-19-7-2-4-16(12-19)14-25(15-20(26)24-10-8-23-9-11-24)21(27)17-5-3-6-18(22)13-17;3-2(4,5)1(6)7/h2-7,12-13,23H,8-11,14-15H2,1H3;(H,6,7). The van der Waals surface area contributed by atoms with Crippen molar-refractivity contribution >= 4 is 33.7 Å². The Morgan fingerprint density at radius 3 is 2.31 bits per heavy atom. The molecular weight excluding hydrogens is 535 g/mol. The first-order valence-electron chi connectivity index (χ1n) is 10.5. The van der Waals surface area contributed by atoms with Gasteiger partial charge in [0.1, 0.15) is 12.3 Å². The summed E-state index contributed by atoms with van der Waals surface area (Å²) in [5, 5.41) is 10.4. The van der Waals surface area contributed by atoms with Crippen LogP contribution in [0.4, 0.5) is 13.2 Å². The predicted molar refractivity (Wildman–Crippen MR) is 125 cm³/mol. The molecule has 1 heterocycles. The Morgan fingerprint density at radius 2 is 1.74 bits per heavy atom. The number of amides is 2. The maximum Gasteiger partial charge on any atom is 0.490 e. The van der Waals surface area contributed by atoms with Gasteiger partial charge in [0.15, 0.2) is 0 Å². The molecule has 1 fully saturated rings. The second-order valence-corrected chi connectivity index (χ2v) is 8.37. The highest BCUT2D eigenvalue weighted by atomic mass is 79.9. The molecule has 190 valence electrons. The second kappa shape index (κ2) is 13.1. The number of methoxy groups -OCH3 is 1. The third-order valence-corrected chi connectivity index (χ3v) is 5.40. The second-order valence-electron chi connectivity index (χ2n) is 7.46. The summed E-state index contributed by atoms with van der Waals surface area (Å²) in [6.07, 6.45) is -5.08. The number of hydrogen-bond acceptors (Lipinski definition) is 5. The van der Waals surface area contributed by atoms with E-state index in [-0.39, 0.29) is 18.4 Å². The van der Waals surface area contributed by atoms with E-state index >= 15 is 0 Å². The average molecular weight is 560 g/mol. The minimum atomic E-state index is -5.08. The molecule has 0 spiro atoms. The summed E-state index contributed by atoms with van der Waals surface area (Å²) in [6, 6.07) is 14.8. The lowest BCUT2D eigenvalue weighted by Crippen LogP contribution is -2.50. The molecule has 0 radical (unpaired) electrons. The van der Waals surface area contributed by atoms with Gasteiger partial charge in [-0.3, -0.25) is 9.59 Å². The highest BCUT2D eigenvalue weighted by Crippen LogP contribution is 2.18. The number of halogens is 4. The number of carboxylic acid groups (broad SMARTS) is 1. The quantitative estimate of drug-likeness (QED) is 0.564. The third kappa shape index (κ3) is 9.21. The SMILES string of the molecule is COc1cccc(CN(CC(=O)N2CCNCC2)C(=O)c2cccc(Br)c2)c1.O=C(O)C(F)(F)F. The zero-order valence-electron chi connectivity index (χ0n) is 18.8. The number of carbonyl (C=O) groups is 3. The van der Waals surface area contributed by atoms with Gasteiger partial charge in [-0.15, -0.1) is 0 Å². The third-order valence-electron chi connectivity index (χ3n) is 4.90. The van der Waals surface area contributed by atoms with E-state index in [1.807, 2.05) is 41.3 Å². The number of ether oxygens (including phenoxy) is 1. The molecule has 0 saturated carbocycles. The first-order valence-corrected chi connectivity index (χ1v) is 11.3. The van der Waals surface area contributed by atoms with Gasteiger partial charge >= 0.3 is 12.1 Å². The van der Waals surface area contributed by atoms with E-state index in [9.17, 15) is 22.8 Å². The average Bonchev–Trinajstić information content (AvgIpc) is 2.83. The van der Waals surface area contributed by atoms with Crippen LogP contribution in [0.5, 0.6) is 5.75 Å². The van der Waals surface area contributed by atoms with Crippen LogP contribution in [0.2, 0.25) is 0 Å². The molecule has 1 aliphatic rings. The van der Waals surface area contributed by atoms with Gasteiger partial charge in [-0.1, -0.05) is 34.1 Å². The van der Waals surface area contributed by atoms with Crippen molar-refractivity contribution in [3.05, 3.63) is 64.1 Å². The van der Waals surface area contributed by atoms with Crippen LogP contribution in [0.3, 0.4) is 0 Å². The number of piperazine rings is 1. The molecule has 2 N–H and O–H groups in total. The summed E-state index contributed by atoms with van der Waals surface area (Å²) in [5.41, 5.74) is 1.46. The summed E-state index contributed by atoms with van der Waals surface area (Å²) in [7, 11) is 1.61. The fourth-order valence-corrected chi connectivity index (χ4v) is 3.57. The molecule has 0 aliphatic carbocycles. The predicted octanol–water partition coefficient (Wildman–Crippen LogP) is 3.17. The van der Waals surface area contributed by atoms with E-state index in [1.165, 1.54) is 0 Å². The van der Waals surface area contributed by atoms with Crippen LogP contribution in [-0.2, 0) is 16.1 Å². The lowest BCUT2D eigenvalue weighted by Gasteiger charge is -2.30. The number of alkyl halides is 3. The Hall–Kier alpha value is -3.12. The minimum Gasteiger partial charge on any atom is -0.497 e. The molecule has 0 unspecified atom stereocenters. The van der Waals surface area contributed by atoms with Crippen LogP contribution in [0.15, 0.2) is 53.0 Å². The van der Waals surface area contributed by atoms with Gasteiger partial charge in [0.05, 0.1) is 7.11 Å². The van der Waals surface area contributed by atoms with Gasteiger partial charge in [-0.2, -0.15) is 13.2 Å². The smallest absolute Gasteiger partial charge is 0.490 e. The molecule has 3 rings (SSSR count). The van der Waals surface area contributed by atoms with E-state index in [4.69, 9.17) is 14.6 Å². The summed E-state index contributed by atoms with van der Waals surface area (Å²) in [4.78, 5) is 38.3. The van der Waals surface area contributed by atoms with Crippen LogP contribution in [0.1, 0.15) is 15.9 Å². The van der Waals surface area contributed by atoms with Crippen LogP contribution in [0, 0.1) is 0 Å². The van der Waals surface area contributed by atoms with Crippen molar-refractivity contribution in [2.45, 2.75) is 12.7 Å². The largest absolute Gasteiger partial charge is 0.497 e. The molecule has 12 heteroatoms. The normalized spacial score (nSPS) is 13.3. The molecule has 2 aromatic rings. The van der Waals surface area contributed by atoms with Crippen LogP contribution in [0.25, 0.3) is 0 Å². The molecule has 0 atom stereocenters. The Morgan fingerprint density at radius 1 is 1.11 bits per heavy atom. The van der Waals surface area contributed by atoms with Crippen molar-refractivity contribution in [2.24, 2.45) is 0 Å². The van der Waals surface area contributed by atoms with Gasteiger partial charge in [0.2, 0.25) is 5.91 Å². The summed E-state index contributed by atoms with van der Waals surface area (Å²) >= 11 is 3.41. The van der Waals surface area contributed by atoms with E-state index in [0.717, 1.165) is 28.9 Å². The fourth-order valence-electron chi connectivity index (χ4n) is 3.17. The number of carbonyl (C=O) groups excluding carboxylic acids is 2. The van der Waals surface area contributed by atoms with Crippen LogP contribution in [-0.4, -0.2) is 78.7 Å². The maximum atomic E-state index is 13.2. The van der Waals surface area contributed by atoms with E-state index in [2.05, 4.69) is 21.2 Å². The van der Waals surface area contributed by atoms with Crippen molar-refractivity contribution in [2.75, 3.05) is 39.8 Å². The number of nitrogens with one attached hydrogen (secondary N) is 1. The highest BCUT2D eigenvalue weighted by molar-refractivity contribution is 9.10. The van der Waals surface area contributed by atoms with E-state index in [1.54, 1.807) is 24.1 Å². The van der Waals surface area contributed by atoms with Gasteiger partial charge < -0.3 is 25.0 Å². The number of hydrogen-bond donors (Lipinski definition) is 2. The number of aliphatic carboxylic acids is 1. The van der Waals surface area contributed by atoms with Crippen LogP contribution >= 0.6 is 15.9 Å². The zero-order valence-corrected chi connectivity index (χ0v) is 20.4. The maximum absolute atomic E-state index is 13.2. The Balaban J connectivity index is 0.000000540. The number of rotatable bonds is 6. The Bertz CT molecular complexity index is 1030. The fraction of sp³-hybridized carbons (Fsp3) is 0.348. The van der Waals surface area contributed by atoms with Gasteiger partial charge in [-0.05, 0) is 35.9 Å². The Kier molecular flexibility index (Phi) is 10.5. The zero-order chi connectivity index (χ0) is 26.0. The lowest BCUT2D eigenvalue weighted by atomic mass is 10.1. The van der Waals surface area contributed by atoms with Crippen LogP contribution < -0.4 is 10.1 Å². The van der Waals surface area contributed by atoms with Crippen molar-refractivity contribution in [3.8, 4) is 5.75 Å². The summed E-state index contributed by atoms with van der Waals surface area (Å²) in [6.45, 7) is 3.26. The van der Waals surface area contributed by atoms with Gasteiger partial charge in [0, 0.05) is 42.8 Å². The minimum absolute atomic E-state index is 0.0345. The number of nitrogens with zero attached hydrogens (tertiary/aromatic N) is 2. The molecule has 0 aromatic heterocycles. The lowest BCUT2D eigenvalue weighted by molar-refractivity contribution is -0.192. The summed E-state index contributed by atoms with van der Waals surface area (Å²) < 4.78 is 37.8. The van der Waals surface area contributed by atoms with Crippen molar-refractivity contribution in [1.29, 1.82) is 0 Å². The van der Waals surface area contributed by atoms with Gasteiger partial charge in [0.25, 0.3) is 5.91 Å². The first-order chi connectivity index (χ1) is 16.5. The molecule has 35 heavy (non-hydrogen) atoms. The van der Waals surface area contributed by atoms with Crippen molar-refractivity contribution in [3.63, 3.8) is 0 Å². The van der Waals surface area contributed by atoms with Crippen molar-refractivity contribution in [1.82, 2.24) is 15.1 Å². The molecule has 1 aliphatic heterocycles. The van der Waals surface area contributed by atoms with E-state index in [0.29, 0.717) is 25.2 Å². The number of carboxylic acids is 1. The van der Waals surface area contributed by atoms with Crippen molar-refractivity contribution < 1.29 is 37.4 Å². The summed E-state index contributed by atoms with van der Waals surface area (Å²) in [5.74, 6) is -2.24. The molecule has 2 aromatic carbocycles. The van der Waals surface area contributed by atoms with Gasteiger partial charge in [-0.25, -0.2) is 4.79 Å².